The van der Waals surface area contributed by atoms with Crippen LogP contribution in [0.3, 0.4) is 0 Å². The number of nitrogens with zero attached hydrogens (tertiary/aromatic N) is 2. The molecule has 1 amide bonds. The first-order chi connectivity index (χ1) is 10.8. The number of aromatic nitrogens is 2. The maximum atomic E-state index is 12.3. The standard InChI is InChI=1S/C14H18N4O4S/c1-4-15-23(20,21)12-7-5-6-11(8-12)13(19)16-9(2)14-17-10(3)18-22-14/h5-9,15H,4H2,1-3H3,(H,16,19)/t9-/m0/s1. The van der Waals surface area contributed by atoms with Gasteiger partial charge in [-0.1, -0.05) is 18.1 Å². The SMILES string of the molecule is CCNS(=O)(=O)c1cccc(C(=O)N[C@@H](C)c2nc(C)no2)c1. The highest BCUT2D eigenvalue weighted by molar-refractivity contribution is 7.89. The van der Waals surface area contributed by atoms with Crippen LogP contribution in [-0.2, 0) is 10.0 Å². The van der Waals surface area contributed by atoms with Crippen molar-refractivity contribution in [2.75, 3.05) is 6.54 Å². The number of hydrogen-bond acceptors (Lipinski definition) is 6. The molecule has 0 saturated heterocycles. The lowest BCUT2D eigenvalue weighted by molar-refractivity contribution is 0.0932. The Labute approximate surface area is 134 Å². The van der Waals surface area contributed by atoms with Gasteiger partial charge in [0.2, 0.25) is 15.9 Å². The average Bonchev–Trinajstić information content (AvgIpc) is 2.94. The zero-order valence-corrected chi connectivity index (χ0v) is 13.8. The summed E-state index contributed by atoms with van der Waals surface area (Å²) in [6, 6.07) is 5.31. The molecular formula is C14H18N4O4S. The molecule has 2 rings (SSSR count). The zero-order chi connectivity index (χ0) is 17.0. The number of carbonyl (C=O) groups is 1. The minimum atomic E-state index is -3.61. The van der Waals surface area contributed by atoms with Gasteiger partial charge in [0.15, 0.2) is 5.82 Å². The fraction of sp³-hybridized carbons (Fsp3) is 0.357. The third-order valence-electron chi connectivity index (χ3n) is 3.00. The summed E-state index contributed by atoms with van der Waals surface area (Å²) in [6.07, 6.45) is 0. The quantitative estimate of drug-likeness (QED) is 0.817. The van der Waals surface area contributed by atoms with Crippen LogP contribution >= 0.6 is 0 Å². The summed E-state index contributed by atoms with van der Waals surface area (Å²) in [5, 5.41) is 6.35. The first-order valence-electron chi connectivity index (χ1n) is 7.04. The molecule has 0 unspecified atom stereocenters. The van der Waals surface area contributed by atoms with Crippen LogP contribution in [0.4, 0.5) is 0 Å². The second kappa shape index (κ2) is 6.88. The molecule has 1 aromatic heterocycles. The molecule has 9 heteroatoms. The number of carbonyl (C=O) groups excluding carboxylic acids is 1. The lowest BCUT2D eigenvalue weighted by Gasteiger charge is -2.11. The third kappa shape index (κ3) is 4.14. The smallest absolute Gasteiger partial charge is 0.251 e. The van der Waals surface area contributed by atoms with E-state index in [0.29, 0.717) is 5.82 Å². The van der Waals surface area contributed by atoms with Crippen molar-refractivity contribution < 1.29 is 17.7 Å². The van der Waals surface area contributed by atoms with Gasteiger partial charge in [0.05, 0.1) is 4.90 Å². The fourth-order valence-corrected chi connectivity index (χ4v) is 3.00. The highest BCUT2D eigenvalue weighted by Crippen LogP contribution is 2.14. The molecule has 124 valence electrons. The number of hydrogen-bond donors (Lipinski definition) is 2. The molecule has 8 nitrogen and oxygen atoms in total. The van der Waals surface area contributed by atoms with Crippen molar-refractivity contribution in [3.05, 3.63) is 41.5 Å². The predicted octanol–water partition coefficient (Wildman–Crippen LogP) is 1.17. The van der Waals surface area contributed by atoms with E-state index in [9.17, 15) is 13.2 Å². The largest absolute Gasteiger partial charge is 0.341 e. The van der Waals surface area contributed by atoms with Crippen molar-refractivity contribution in [2.45, 2.75) is 31.7 Å². The summed E-state index contributed by atoms with van der Waals surface area (Å²) in [7, 11) is -3.61. The molecule has 2 aromatic rings. The third-order valence-corrected chi connectivity index (χ3v) is 4.55. The van der Waals surface area contributed by atoms with Gasteiger partial charge in [-0.3, -0.25) is 4.79 Å². The topological polar surface area (TPSA) is 114 Å². The number of rotatable bonds is 6. The normalized spacial score (nSPS) is 12.8. The summed E-state index contributed by atoms with van der Waals surface area (Å²) < 4.78 is 31.3. The molecule has 0 aliphatic heterocycles. The molecule has 0 radical (unpaired) electrons. The van der Waals surface area contributed by atoms with Crippen LogP contribution in [0.1, 0.15) is 42.0 Å². The van der Waals surface area contributed by atoms with E-state index < -0.39 is 22.0 Å². The Morgan fingerprint density at radius 1 is 1.39 bits per heavy atom. The minimum Gasteiger partial charge on any atom is -0.341 e. The van der Waals surface area contributed by atoms with Gasteiger partial charge >= 0.3 is 0 Å². The maximum Gasteiger partial charge on any atom is 0.251 e. The van der Waals surface area contributed by atoms with Crippen LogP contribution < -0.4 is 10.0 Å². The van der Waals surface area contributed by atoms with Crippen molar-refractivity contribution in [3.8, 4) is 0 Å². The zero-order valence-electron chi connectivity index (χ0n) is 13.0. The van der Waals surface area contributed by atoms with Crippen LogP contribution in [0.5, 0.6) is 0 Å². The fourth-order valence-electron chi connectivity index (χ4n) is 1.91. The number of aryl methyl sites for hydroxylation is 1. The predicted molar refractivity (Wildman–Crippen MR) is 82.2 cm³/mol. The lowest BCUT2D eigenvalue weighted by Crippen LogP contribution is -2.27. The highest BCUT2D eigenvalue weighted by Gasteiger charge is 2.19. The van der Waals surface area contributed by atoms with Gasteiger partial charge in [-0.05, 0) is 32.0 Å². The lowest BCUT2D eigenvalue weighted by atomic mass is 10.2. The Balaban J connectivity index is 2.17. The number of nitrogens with one attached hydrogen (secondary N) is 2. The Hall–Kier alpha value is -2.26. The molecule has 0 aliphatic carbocycles. The summed E-state index contributed by atoms with van der Waals surface area (Å²) in [6.45, 7) is 5.33. The Bertz CT molecular complexity index is 801. The molecule has 1 aromatic carbocycles. The summed E-state index contributed by atoms with van der Waals surface area (Å²) in [5.74, 6) is 0.328. The number of sulfonamides is 1. The van der Waals surface area contributed by atoms with Crippen LogP contribution in [-0.4, -0.2) is 31.0 Å². The van der Waals surface area contributed by atoms with E-state index in [1.54, 1.807) is 20.8 Å². The molecule has 0 aliphatic rings. The number of benzene rings is 1. The highest BCUT2D eigenvalue weighted by atomic mass is 32.2. The van der Waals surface area contributed by atoms with Gasteiger partial charge in [-0.25, -0.2) is 13.1 Å². The van der Waals surface area contributed by atoms with E-state index in [1.165, 1.54) is 24.3 Å². The van der Waals surface area contributed by atoms with Gasteiger partial charge in [-0.2, -0.15) is 4.98 Å². The van der Waals surface area contributed by atoms with Gasteiger partial charge in [0, 0.05) is 12.1 Å². The maximum absolute atomic E-state index is 12.3. The van der Waals surface area contributed by atoms with Crippen molar-refractivity contribution in [1.82, 2.24) is 20.2 Å². The minimum absolute atomic E-state index is 0.0355. The van der Waals surface area contributed by atoms with Crippen LogP contribution in [0.2, 0.25) is 0 Å². The van der Waals surface area contributed by atoms with E-state index in [1.807, 2.05) is 0 Å². The molecule has 1 atom stereocenters. The molecule has 2 N–H and O–H groups in total. The van der Waals surface area contributed by atoms with Crippen LogP contribution in [0, 0.1) is 6.92 Å². The van der Waals surface area contributed by atoms with Crippen molar-refractivity contribution in [3.63, 3.8) is 0 Å². The monoisotopic (exact) mass is 338 g/mol. The van der Waals surface area contributed by atoms with E-state index in [2.05, 4.69) is 20.2 Å². The van der Waals surface area contributed by atoms with Gasteiger partial charge in [-0.15, -0.1) is 0 Å². The molecule has 0 bridgehead atoms. The van der Waals surface area contributed by atoms with Crippen molar-refractivity contribution in [2.24, 2.45) is 0 Å². The summed E-state index contributed by atoms with van der Waals surface area (Å²) in [5.41, 5.74) is 0.229. The average molecular weight is 338 g/mol. The van der Waals surface area contributed by atoms with Crippen LogP contribution in [0.25, 0.3) is 0 Å². The van der Waals surface area contributed by atoms with E-state index in [0.717, 1.165) is 0 Å². The van der Waals surface area contributed by atoms with E-state index >= 15 is 0 Å². The summed E-state index contributed by atoms with van der Waals surface area (Å²) >= 11 is 0. The Morgan fingerprint density at radius 3 is 2.74 bits per heavy atom. The molecule has 0 saturated carbocycles. The van der Waals surface area contributed by atoms with E-state index in [-0.39, 0.29) is 22.9 Å². The van der Waals surface area contributed by atoms with E-state index in [4.69, 9.17) is 4.52 Å². The molecule has 23 heavy (non-hydrogen) atoms. The van der Waals surface area contributed by atoms with Crippen molar-refractivity contribution >= 4 is 15.9 Å². The summed E-state index contributed by atoms with van der Waals surface area (Å²) in [4.78, 5) is 16.3. The second-order valence-electron chi connectivity index (χ2n) is 4.90. The Morgan fingerprint density at radius 2 is 2.13 bits per heavy atom. The first-order valence-corrected chi connectivity index (χ1v) is 8.52. The Kier molecular flexibility index (Phi) is 5.12. The second-order valence-corrected chi connectivity index (χ2v) is 6.67. The van der Waals surface area contributed by atoms with Gasteiger partial charge in [0.1, 0.15) is 6.04 Å². The molecular weight excluding hydrogens is 320 g/mol. The van der Waals surface area contributed by atoms with Gasteiger partial charge in [0.25, 0.3) is 5.91 Å². The van der Waals surface area contributed by atoms with Crippen LogP contribution in [0.15, 0.2) is 33.7 Å². The first kappa shape index (κ1) is 17.1. The molecule has 0 spiro atoms. The molecule has 1 heterocycles. The van der Waals surface area contributed by atoms with Crippen molar-refractivity contribution in [1.29, 1.82) is 0 Å². The van der Waals surface area contributed by atoms with Gasteiger partial charge < -0.3 is 9.84 Å². The number of amides is 1. The molecule has 0 fully saturated rings.